The summed E-state index contributed by atoms with van der Waals surface area (Å²) in [5.74, 6) is -0.0239. The lowest BCUT2D eigenvalue weighted by Gasteiger charge is -2.08. The zero-order valence-corrected chi connectivity index (χ0v) is 10.1. The van der Waals surface area contributed by atoms with Gasteiger partial charge < -0.3 is 0 Å². The van der Waals surface area contributed by atoms with Crippen LogP contribution in [0, 0.1) is 0 Å². The Hall–Kier alpha value is -0.880. The van der Waals surface area contributed by atoms with E-state index in [2.05, 4.69) is 0 Å². The summed E-state index contributed by atoms with van der Waals surface area (Å²) in [5, 5.41) is 0. The molecule has 0 fully saturated rings. The highest BCUT2D eigenvalue weighted by atomic mass is 32.2. The molecule has 1 rings (SSSR count). The minimum Gasteiger partial charge on any atom is -0.290 e. The number of benzene rings is 1. The Morgan fingerprint density at radius 3 is 2.65 bits per heavy atom. The summed E-state index contributed by atoms with van der Waals surface area (Å²) in [6.45, 7) is 2.20. The van der Waals surface area contributed by atoms with Crippen LogP contribution in [0.4, 0.5) is 13.2 Å². The summed E-state index contributed by atoms with van der Waals surface area (Å²) in [6.07, 6.45) is -3.66. The molecule has 1 aromatic carbocycles. The molecule has 0 amide bonds. The molecule has 0 aromatic heterocycles. The van der Waals surface area contributed by atoms with Gasteiger partial charge in [0.05, 0.1) is 17.9 Å². The smallest absolute Gasteiger partial charge is 0.290 e. The van der Waals surface area contributed by atoms with Crippen molar-refractivity contribution in [3.05, 3.63) is 35.4 Å². The summed E-state index contributed by atoms with van der Waals surface area (Å²) in [6, 6.07) is 4.78. The lowest BCUT2D eigenvalue weighted by molar-refractivity contribution is -0.137. The molecule has 0 saturated carbocycles. The maximum atomic E-state index is 12.4. The third-order valence-electron chi connectivity index (χ3n) is 1.96. The molecule has 0 saturated heterocycles. The number of halogens is 3. The van der Waals surface area contributed by atoms with E-state index in [9.17, 15) is 17.4 Å². The van der Waals surface area contributed by atoms with Crippen LogP contribution in [0.2, 0.25) is 0 Å². The summed E-state index contributed by atoms with van der Waals surface area (Å²) in [7, 11) is 0. The van der Waals surface area contributed by atoms with Gasteiger partial charge in [-0.25, -0.2) is 4.21 Å². The first-order valence-corrected chi connectivity index (χ1v) is 6.35. The van der Waals surface area contributed by atoms with Crippen molar-refractivity contribution in [1.82, 2.24) is 0 Å². The molecule has 1 unspecified atom stereocenters. The molecule has 0 heterocycles. The van der Waals surface area contributed by atoms with Crippen molar-refractivity contribution in [3.63, 3.8) is 0 Å². The zero-order chi connectivity index (χ0) is 12.9. The summed E-state index contributed by atoms with van der Waals surface area (Å²) >= 11 is -1.57. The lowest BCUT2D eigenvalue weighted by Crippen LogP contribution is -2.07. The highest BCUT2D eigenvalue weighted by Gasteiger charge is 2.30. The highest BCUT2D eigenvalue weighted by molar-refractivity contribution is 7.79. The van der Waals surface area contributed by atoms with Gasteiger partial charge in [0.15, 0.2) is 11.1 Å². The largest absolute Gasteiger partial charge is 0.416 e. The van der Waals surface area contributed by atoms with Crippen LogP contribution in [-0.2, 0) is 27.2 Å². The average molecular weight is 266 g/mol. The van der Waals surface area contributed by atoms with E-state index >= 15 is 0 Å². The van der Waals surface area contributed by atoms with Crippen molar-refractivity contribution in [2.24, 2.45) is 0 Å². The number of hydrogen-bond acceptors (Lipinski definition) is 2. The van der Waals surface area contributed by atoms with Gasteiger partial charge >= 0.3 is 6.18 Å². The van der Waals surface area contributed by atoms with Gasteiger partial charge in [0.2, 0.25) is 0 Å². The maximum absolute atomic E-state index is 12.4. The molecule has 0 N–H and O–H groups in total. The van der Waals surface area contributed by atoms with Crippen LogP contribution in [0.15, 0.2) is 24.3 Å². The van der Waals surface area contributed by atoms with Crippen LogP contribution in [0.3, 0.4) is 0 Å². The molecule has 1 atom stereocenters. The molecule has 0 radical (unpaired) electrons. The molecular formula is C11H13F3O2S. The number of rotatable bonds is 5. The Kier molecular flexibility index (Phi) is 5.14. The topological polar surface area (TPSA) is 26.3 Å². The Labute approximate surface area is 100 Å². The molecule has 96 valence electrons. The van der Waals surface area contributed by atoms with E-state index in [1.807, 2.05) is 6.92 Å². The van der Waals surface area contributed by atoms with Crippen LogP contribution >= 0.6 is 0 Å². The molecule has 0 bridgehead atoms. The molecule has 6 heteroatoms. The van der Waals surface area contributed by atoms with Crippen LogP contribution in [0.1, 0.15) is 24.5 Å². The SMILES string of the molecule is CCCOS(=O)Cc1cccc(C(F)(F)F)c1. The first-order chi connectivity index (χ1) is 7.93. The van der Waals surface area contributed by atoms with Gasteiger partial charge in [-0.1, -0.05) is 25.1 Å². The average Bonchev–Trinajstić information content (AvgIpc) is 2.25. The van der Waals surface area contributed by atoms with Gasteiger partial charge in [0.25, 0.3) is 0 Å². The first-order valence-electron chi connectivity index (χ1n) is 5.11. The second kappa shape index (κ2) is 6.16. The fourth-order valence-corrected chi connectivity index (χ4v) is 2.08. The second-order valence-electron chi connectivity index (χ2n) is 3.47. The minimum absolute atomic E-state index is 0.0239. The van der Waals surface area contributed by atoms with Crippen LogP contribution < -0.4 is 0 Å². The van der Waals surface area contributed by atoms with E-state index in [0.29, 0.717) is 18.6 Å². The third kappa shape index (κ3) is 4.87. The third-order valence-corrected chi connectivity index (χ3v) is 2.96. The lowest BCUT2D eigenvalue weighted by atomic mass is 10.1. The van der Waals surface area contributed by atoms with Crippen molar-refractivity contribution < 1.29 is 21.6 Å². The fraction of sp³-hybridized carbons (Fsp3) is 0.455. The van der Waals surface area contributed by atoms with E-state index < -0.39 is 22.8 Å². The number of hydrogen-bond donors (Lipinski definition) is 0. The predicted molar refractivity (Wildman–Crippen MR) is 59.5 cm³/mol. The van der Waals surface area contributed by atoms with E-state index in [0.717, 1.165) is 12.1 Å². The minimum atomic E-state index is -4.37. The normalized spacial score (nSPS) is 13.6. The molecule has 0 spiro atoms. The quantitative estimate of drug-likeness (QED) is 0.817. The molecule has 0 aliphatic rings. The van der Waals surface area contributed by atoms with E-state index in [1.165, 1.54) is 12.1 Å². The van der Waals surface area contributed by atoms with Crippen molar-refractivity contribution in [3.8, 4) is 0 Å². The van der Waals surface area contributed by atoms with E-state index in [-0.39, 0.29) is 5.75 Å². The van der Waals surface area contributed by atoms with Crippen LogP contribution in [-0.4, -0.2) is 10.8 Å². The zero-order valence-electron chi connectivity index (χ0n) is 9.29. The van der Waals surface area contributed by atoms with E-state index in [1.54, 1.807) is 0 Å². The molecule has 0 aliphatic carbocycles. The second-order valence-corrected chi connectivity index (χ2v) is 4.60. The van der Waals surface area contributed by atoms with Gasteiger partial charge in [-0.15, -0.1) is 0 Å². The highest BCUT2D eigenvalue weighted by Crippen LogP contribution is 2.29. The molecule has 2 nitrogen and oxygen atoms in total. The molecule has 1 aromatic rings. The Morgan fingerprint density at radius 2 is 2.06 bits per heavy atom. The molecular weight excluding hydrogens is 253 g/mol. The fourth-order valence-electron chi connectivity index (χ4n) is 1.19. The van der Waals surface area contributed by atoms with E-state index in [4.69, 9.17) is 4.18 Å². The van der Waals surface area contributed by atoms with Gasteiger partial charge in [0, 0.05) is 0 Å². The van der Waals surface area contributed by atoms with Gasteiger partial charge in [-0.05, 0) is 18.1 Å². The predicted octanol–water partition coefficient (Wildman–Crippen LogP) is 3.30. The molecule has 0 aliphatic heterocycles. The van der Waals surface area contributed by atoms with Gasteiger partial charge in [0.1, 0.15) is 0 Å². The van der Waals surface area contributed by atoms with Crippen molar-refractivity contribution in [1.29, 1.82) is 0 Å². The first kappa shape index (κ1) is 14.2. The Morgan fingerprint density at radius 1 is 1.35 bits per heavy atom. The van der Waals surface area contributed by atoms with Crippen molar-refractivity contribution >= 4 is 11.1 Å². The van der Waals surface area contributed by atoms with Crippen LogP contribution in [0.5, 0.6) is 0 Å². The Bertz CT molecular complexity index is 391. The van der Waals surface area contributed by atoms with Crippen LogP contribution in [0.25, 0.3) is 0 Å². The van der Waals surface area contributed by atoms with Gasteiger partial charge in [-0.3, -0.25) is 4.18 Å². The summed E-state index contributed by atoms with van der Waals surface area (Å²) in [4.78, 5) is 0. The monoisotopic (exact) mass is 266 g/mol. The Balaban J connectivity index is 2.69. The number of alkyl halides is 3. The molecule has 17 heavy (non-hydrogen) atoms. The summed E-state index contributed by atoms with van der Waals surface area (Å²) in [5.41, 5.74) is -0.378. The maximum Gasteiger partial charge on any atom is 0.416 e. The van der Waals surface area contributed by atoms with Crippen molar-refractivity contribution in [2.45, 2.75) is 25.3 Å². The summed E-state index contributed by atoms with van der Waals surface area (Å²) < 4.78 is 53.5. The van der Waals surface area contributed by atoms with Gasteiger partial charge in [-0.2, -0.15) is 13.2 Å². The van der Waals surface area contributed by atoms with Crippen molar-refractivity contribution in [2.75, 3.05) is 6.61 Å². The standard InChI is InChI=1S/C11H13F3O2S/c1-2-6-16-17(15)8-9-4-3-5-10(7-9)11(12,13)14/h3-5,7H,2,6,8H2,1H3.